The van der Waals surface area contributed by atoms with E-state index in [0.29, 0.717) is 12.3 Å². The van der Waals surface area contributed by atoms with Crippen LogP contribution < -0.4 is 9.62 Å². The number of nitrogens with zero attached hydrogens (tertiary/aromatic N) is 1. The van der Waals surface area contributed by atoms with E-state index in [4.69, 9.17) is 0 Å². The first-order chi connectivity index (χ1) is 13.2. The third kappa shape index (κ3) is 6.53. The van der Waals surface area contributed by atoms with Crippen molar-refractivity contribution in [2.45, 2.75) is 25.6 Å². The lowest BCUT2D eigenvalue weighted by Crippen LogP contribution is -2.48. The Morgan fingerprint density at radius 3 is 2.57 bits per heavy atom. The molecule has 2 rings (SSSR count). The highest BCUT2D eigenvalue weighted by molar-refractivity contribution is 7.98. The zero-order valence-electron chi connectivity index (χ0n) is 16.2. The van der Waals surface area contributed by atoms with Crippen LogP contribution in [0.5, 0.6) is 0 Å². The second-order valence-electron chi connectivity index (χ2n) is 6.55. The van der Waals surface area contributed by atoms with Gasteiger partial charge in [-0.05, 0) is 37.6 Å². The minimum absolute atomic E-state index is 0.124. The summed E-state index contributed by atoms with van der Waals surface area (Å²) in [6.07, 6.45) is 0.999. The maximum absolute atomic E-state index is 13.5. The number of sulfonamides is 1. The first-order valence-corrected chi connectivity index (χ1v) is 11.8. The van der Waals surface area contributed by atoms with Gasteiger partial charge in [-0.15, -0.1) is 0 Å². The minimum atomic E-state index is -3.75. The van der Waals surface area contributed by atoms with Crippen LogP contribution in [0.4, 0.5) is 10.1 Å². The summed E-state index contributed by atoms with van der Waals surface area (Å²) in [5.41, 5.74) is 2.55. The Morgan fingerprint density at radius 2 is 1.93 bits per heavy atom. The Balaban J connectivity index is 1.90. The van der Waals surface area contributed by atoms with Crippen LogP contribution in [0, 0.1) is 12.7 Å². The van der Waals surface area contributed by atoms with Crippen LogP contribution in [-0.4, -0.2) is 38.9 Å². The first kappa shape index (κ1) is 22.2. The summed E-state index contributed by atoms with van der Waals surface area (Å²) >= 11 is 1.68. The van der Waals surface area contributed by atoms with Gasteiger partial charge in [0.1, 0.15) is 11.9 Å². The molecule has 8 heteroatoms. The molecule has 0 aliphatic rings. The Morgan fingerprint density at radius 1 is 1.21 bits per heavy atom. The zero-order chi connectivity index (χ0) is 20.7. The van der Waals surface area contributed by atoms with Crippen molar-refractivity contribution in [1.82, 2.24) is 5.32 Å². The molecule has 2 aromatic rings. The third-order valence-electron chi connectivity index (χ3n) is 4.05. The highest BCUT2D eigenvalue weighted by Crippen LogP contribution is 2.21. The molecule has 0 unspecified atom stereocenters. The molecule has 0 aromatic heterocycles. The van der Waals surface area contributed by atoms with E-state index in [9.17, 15) is 17.6 Å². The Hall–Kier alpha value is -2.06. The molecule has 0 bridgehead atoms. The van der Waals surface area contributed by atoms with Crippen molar-refractivity contribution in [3.8, 4) is 0 Å². The van der Waals surface area contributed by atoms with Crippen molar-refractivity contribution < 1.29 is 17.6 Å². The molecule has 5 nitrogen and oxygen atoms in total. The van der Waals surface area contributed by atoms with Gasteiger partial charge in [-0.2, -0.15) is 11.8 Å². The SMILES string of the molecule is Cc1cccc(CSCCNC(=O)[C@H](C)N(c2cccc(F)c2)S(C)(=O)=O)c1. The molecular weight excluding hydrogens is 399 g/mol. The predicted molar refractivity (Wildman–Crippen MR) is 114 cm³/mol. The number of amides is 1. The number of nitrogens with one attached hydrogen (secondary N) is 1. The van der Waals surface area contributed by atoms with Crippen molar-refractivity contribution in [1.29, 1.82) is 0 Å². The van der Waals surface area contributed by atoms with Gasteiger partial charge in [-0.25, -0.2) is 12.8 Å². The number of hydrogen-bond acceptors (Lipinski definition) is 4. The minimum Gasteiger partial charge on any atom is -0.353 e. The number of carbonyl (C=O) groups is 1. The fraction of sp³-hybridized carbons (Fsp3) is 0.350. The molecule has 0 saturated heterocycles. The van der Waals surface area contributed by atoms with Crippen LogP contribution in [-0.2, 0) is 20.6 Å². The van der Waals surface area contributed by atoms with Crippen molar-refractivity contribution in [2.24, 2.45) is 0 Å². The molecule has 0 aliphatic carbocycles. The summed E-state index contributed by atoms with van der Waals surface area (Å²) in [6, 6.07) is 12.4. The van der Waals surface area contributed by atoms with Gasteiger partial charge in [0, 0.05) is 18.1 Å². The predicted octanol–water partition coefficient (Wildman–Crippen LogP) is 3.34. The second kappa shape index (κ2) is 9.93. The lowest BCUT2D eigenvalue weighted by atomic mass is 10.2. The number of aryl methyl sites for hydroxylation is 1. The topological polar surface area (TPSA) is 66.5 Å². The van der Waals surface area contributed by atoms with E-state index >= 15 is 0 Å². The van der Waals surface area contributed by atoms with Crippen molar-refractivity contribution in [3.05, 3.63) is 65.5 Å². The third-order valence-corrected chi connectivity index (χ3v) is 6.32. The number of halogens is 1. The summed E-state index contributed by atoms with van der Waals surface area (Å²) in [6.45, 7) is 3.95. The monoisotopic (exact) mass is 424 g/mol. The fourth-order valence-corrected chi connectivity index (χ4v) is 4.78. The molecule has 1 N–H and O–H groups in total. The van der Waals surface area contributed by atoms with Gasteiger partial charge in [0.15, 0.2) is 0 Å². The van der Waals surface area contributed by atoms with E-state index in [-0.39, 0.29) is 5.69 Å². The summed E-state index contributed by atoms with van der Waals surface area (Å²) in [4.78, 5) is 12.4. The molecular formula is C20H25FN2O3S2. The molecule has 1 amide bonds. The van der Waals surface area contributed by atoms with Gasteiger partial charge in [0.25, 0.3) is 0 Å². The molecule has 0 saturated carbocycles. The molecule has 0 spiro atoms. The maximum atomic E-state index is 13.5. The van der Waals surface area contributed by atoms with Gasteiger partial charge in [-0.1, -0.05) is 35.9 Å². The van der Waals surface area contributed by atoms with Gasteiger partial charge in [-0.3, -0.25) is 9.10 Å². The Bertz CT molecular complexity index is 919. The quantitative estimate of drug-likeness (QED) is 0.627. The van der Waals surface area contributed by atoms with Crippen LogP contribution in [0.1, 0.15) is 18.1 Å². The number of anilines is 1. The van der Waals surface area contributed by atoms with Crippen LogP contribution in [0.15, 0.2) is 48.5 Å². The molecule has 0 radical (unpaired) electrons. The van der Waals surface area contributed by atoms with Crippen LogP contribution >= 0.6 is 11.8 Å². The highest BCUT2D eigenvalue weighted by Gasteiger charge is 2.29. The largest absolute Gasteiger partial charge is 0.353 e. The Labute approximate surface area is 170 Å². The highest BCUT2D eigenvalue weighted by atomic mass is 32.2. The molecule has 28 heavy (non-hydrogen) atoms. The number of carbonyl (C=O) groups excluding carboxylic acids is 1. The van der Waals surface area contributed by atoms with Gasteiger partial charge in [0.2, 0.25) is 15.9 Å². The smallest absolute Gasteiger partial charge is 0.243 e. The second-order valence-corrected chi connectivity index (χ2v) is 9.51. The Kier molecular flexibility index (Phi) is 7.88. The lowest BCUT2D eigenvalue weighted by Gasteiger charge is -2.28. The van der Waals surface area contributed by atoms with Gasteiger partial charge < -0.3 is 5.32 Å². The van der Waals surface area contributed by atoms with E-state index in [0.717, 1.165) is 22.4 Å². The molecule has 0 fully saturated rings. The average molecular weight is 425 g/mol. The molecule has 1 atom stereocenters. The molecule has 2 aromatic carbocycles. The zero-order valence-corrected chi connectivity index (χ0v) is 17.8. The molecule has 0 heterocycles. The standard InChI is InChI=1S/C20H25FN2O3S2/c1-15-6-4-7-17(12-15)14-27-11-10-22-20(24)16(2)23(28(3,25)26)19-9-5-8-18(21)13-19/h4-9,12-13,16H,10-11,14H2,1-3H3,(H,22,24)/t16-/m0/s1. The van der Waals surface area contributed by atoms with E-state index in [2.05, 4.69) is 17.4 Å². The van der Waals surface area contributed by atoms with Crippen LogP contribution in [0.2, 0.25) is 0 Å². The maximum Gasteiger partial charge on any atom is 0.243 e. The van der Waals surface area contributed by atoms with Crippen molar-refractivity contribution in [3.63, 3.8) is 0 Å². The fourth-order valence-electron chi connectivity index (χ4n) is 2.81. The normalized spacial score (nSPS) is 12.4. The van der Waals surface area contributed by atoms with Crippen LogP contribution in [0.3, 0.4) is 0 Å². The number of benzene rings is 2. The summed E-state index contributed by atoms with van der Waals surface area (Å²) in [5, 5.41) is 2.76. The van der Waals surface area contributed by atoms with E-state index in [1.807, 2.05) is 19.1 Å². The summed E-state index contributed by atoms with van der Waals surface area (Å²) in [5.74, 6) is 0.550. The average Bonchev–Trinajstić information content (AvgIpc) is 2.60. The van der Waals surface area contributed by atoms with Crippen LogP contribution in [0.25, 0.3) is 0 Å². The lowest BCUT2D eigenvalue weighted by molar-refractivity contribution is -0.121. The molecule has 152 valence electrons. The molecule has 0 aliphatic heterocycles. The summed E-state index contributed by atoms with van der Waals surface area (Å²) in [7, 11) is -3.75. The summed E-state index contributed by atoms with van der Waals surface area (Å²) < 4.78 is 38.8. The van der Waals surface area contributed by atoms with Gasteiger partial charge in [0.05, 0.1) is 11.9 Å². The van der Waals surface area contributed by atoms with E-state index in [1.54, 1.807) is 11.8 Å². The van der Waals surface area contributed by atoms with Gasteiger partial charge >= 0.3 is 0 Å². The number of rotatable bonds is 9. The number of hydrogen-bond donors (Lipinski definition) is 1. The van der Waals surface area contributed by atoms with Crippen molar-refractivity contribution >= 4 is 33.4 Å². The first-order valence-electron chi connectivity index (χ1n) is 8.84. The van der Waals surface area contributed by atoms with E-state index < -0.39 is 27.8 Å². The van der Waals surface area contributed by atoms with Crippen molar-refractivity contribution in [2.75, 3.05) is 22.9 Å². The number of thioether (sulfide) groups is 1. The van der Waals surface area contributed by atoms with E-state index in [1.165, 1.54) is 36.2 Å².